The quantitative estimate of drug-likeness (QED) is 0.503. The zero-order valence-corrected chi connectivity index (χ0v) is 5.25. The van der Waals surface area contributed by atoms with Crippen molar-refractivity contribution >= 4 is 21.6 Å². The summed E-state index contributed by atoms with van der Waals surface area (Å²) in [5.41, 5.74) is 0. The molecule has 0 saturated heterocycles. The smallest absolute Gasteiger partial charge is 0.237 e. The van der Waals surface area contributed by atoms with Crippen molar-refractivity contribution in [3.63, 3.8) is 0 Å². The molecule has 0 rings (SSSR count). The fraction of sp³-hybridized carbons (Fsp3) is 1.00. The zero-order valence-electron chi connectivity index (χ0n) is 3.27. The van der Waals surface area contributed by atoms with Gasteiger partial charge in [0.1, 0.15) is 0 Å². The number of alkyl halides is 3. The third-order valence-corrected chi connectivity index (χ3v) is 0.532. The summed E-state index contributed by atoms with van der Waals surface area (Å²) in [4.78, 5) is 0. The van der Waals surface area contributed by atoms with Crippen LogP contribution in [-0.2, 0) is 0 Å². The van der Waals surface area contributed by atoms with Crippen LogP contribution in [0.2, 0.25) is 0 Å². The lowest BCUT2D eigenvalue weighted by atomic mass is 10.8. The Morgan fingerprint density at radius 3 is 1.29 bits per heavy atom. The summed E-state index contributed by atoms with van der Waals surface area (Å²) in [6, 6.07) is 0. The molecule has 0 aromatic heterocycles. The third kappa shape index (κ3) is 6.51. The number of halogens is 4. The fourth-order valence-corrected chi connectivity index (χ4v) is 0. The van der Waals surface area contributed by atoms with E-state index in [1.54, 1.807) is 0 Å². The lowest BCUT2D eigenvalue weighted by Gasteiger charge is -1.93. The van der Waals surface area contributed by atoms with E-state index in [0.29, 0.717) is 0 Å². The average molecular weight is 152 g/mol. The molecule has 0 bridgehead atoms. The van der Waals surface area contributed by atoms with E-state index in [-0.39, 0.29) is 12.4 Å². The van der Waals surface area contributed by atoms with Gasteiger partial charge in [0.15, 0.2) is 5.91 Å². The molecular weight excluding hydrogens is 147 g/mol. The van der Waals surface area contributed by atoms with Crippen LogP contribution >= 0.6 is 21.6 Å². The van der Waals surface area contributed by atoms with Gasteiger partial charge in [0, 0.05) is 0 Å². The monoisotopic (exact) mass is 152 g/mol. The van der Waals surface area contributed by atoms with E-state index < -0.39 is 12.3 Å². The second-order valence-corrected chi connectivity index (χ2v) is 1.42. The van der Waals surface area contributed by atoms with Gasteiger partial charge in [0.2, 0.25) is 0 Å². The summed E-state index contributed by atoms with van der Waals surface area (Å²) in [5, 5.41) is 0. The van der Waals surface area contributed by atoms with Crippen molar-refractivity contribution < 1.29 is 13.2 Å². The summed E-state index contributed by atoms with van der Waals surface area (Å²) < 4.78 is 32.6. The van der Waals surface area contributed by atoms with Crippen LogP contribution in [0.15, 0.2) is 0 Å². The summed E-state index contributed by atoms with van der Waals surface area (Å²) in [6.45, 7) is 0. The maximum absolute atomic E-state index is 11.0. The van der Waals surface area contributed by atoms with Crippen molar-refractivity contribution in [2.75, 3.05) is 0 Å². The second kappa shape index (κ2) is 4.66. The van der Waals surface area contributed by atoms with Crippen LogP contribution < -0.4 is 0 Å². The van der Waals surface area contributed by atoms with Crippen molar-refractivity contribution in [3.8, 4) is 0 Å². The summed E-state index contributed by atoms with van der Waals surface area (Å²) in [6.07, 6.45) is -2.85. The first-order valence-corrected chi connectivity index (χ1v) is 1.99. The van der Waals surface area contributed by atoms with E-state index in [2.05, 4.69) is 0 Å². The topological polar surface area (TPSA) is 0 Å². The van der Waals surface area contributed by atoms with Gasteiger partial charge in [-0.3, -0.25) is 0 Å². The number of hydrogen-bond acceptors (Lipinski definition) is 0. The molecule has 5 heteroatoms. The molecule has 2 atom stereocenters. The Hall–Kier alpha value is 0.510. The molecule has 46 valence electrons. The van der Waals surface area contributed by atoms with Crippen molar-refractivity contribution in [1.82, 2.24) is 0 Å². The molecule has 0 aliphatic carbocycles. The first kappa shape index (κ1) is 10.5. The molecule has 0 fully saturated rings. The molecule has 0 aromatic carbocycles. The normalized spacial score (nSPS) is 13.3. The van der Waals surface area contributed by atoms with Crippen molar-refractivity contribution in [1.29, 1.82) is 0 Å². The van der Waals surface area contributed by atoms with Gasteiger partial charge >= 0.3 is 0 Å². The number of rotatable bonds is 1. The van der Waals surface area contributed by atoms with Gasteiger partial charge in [-0.15, -0.1) is 12.4 Å². The Kier molecular flexibility index (Phi) is 6.98. The SMILES string of the molecule is Cl.FC(F)C(F)P. The molecule has 0 radical (unpaired) electrons. The fourth-order valence-electron chi connectivity index (χ4n) is 0. The summed E-state index contributed by atoms with van der Waals surface area (Å²) in [7, 11) is 1.36. The third-order valence-electron chi connectivity index (χ3n) is 0.241. The van der Waals surface area contributed by atoms with Crippen molar-refractivity contribution in [2.24, 2.45) is 0 Å². The molecular formula is C2H5ClF3P. The minimum absolute atomic E-state index is 0. The van der Waals surface area contributed by atoms with Crippen LogP contribution in [0.4, 0.5) is 13.2 Å². The van der Waals surface area contributed by atoms with E-state index in [1.165, 1.54) is 9.24 Å². The molecule has 0 N–H and O–H groups in total. The molecule has 2 unspecified atom stereocenters. The van der Waals surface area contributed by atoms with Crippen LogP contribution in [0.5, 0.6) is 0 Å². The van der Waals surface area contributed by atoms with Crippen LogP contribution in [-0.4, -0.2) is 12.3 Å². The molecule has 7 heavy (non-hydrogen) atoms. The highest BCUT2D eigenvalue weighted by atomic mass is 35.5. The van der Waals surface area contributed by atoms with E-state index in [1.807, 2.05) is 0 Å². The Balaban J connectivity index is 0. The first-order chi connectivity index (χ1) is 2.64. The first-order valence-electron chi connectivity index (χ1n) is 1.32. The molecule has 0 aliphatic rings. The Bertz CT molecular complexity index is 33.9. The van der Waals surface area contributed by atoms with Gasteiger partial charge in [-0.1, -0.05) is 9.24 Å². The Labute approximate surface area is 48.1 Å². The molecule has 0 aliphatic heterocycles. The van der Waals surface area contributed by atoms with Gasteiger partial charge in [0.05, 0.1) is 0 Å². The summed E-state index contributed by atoms with van der Waals surface area (Å²) >= 11 is 0. The van der Waals surface area contributed by atoms with Crippen LogP contribution in [0.1, 0.15) is 0 Å². The predicted molar refractivity (Wildman–Crippen MR) is 27.9 cm³/mol. The minimum Gasteiger partial charge on any atom is -0.237 e. The van der Waals surface area contributed by atoms with E-state index in [9.17, 15) is 13.2 Å². The maximum atomic E-state index is 11.0. The minimum atomic E-state index is -2.85. The molecule has 0 saturated carbocycles. The largest absolute Gasteiger partial charge is 0.272 e. The Morgan fingerprint density at radius 2 is 1.29 bits per heavy atom. The van der Waals surface area contributed by atoms with Gasteiger partial charge in [-0.25, -0.2) is 13.2 Å². The molecule has 0 heterocycles. The highest BCUT2D eigenvalue weighted by Gasteiger charge is 2.10. The highest BCUT2D eigenvalue weighted by Crippen LogP contribution is 2.10. The van der Waals surface area contributed by atoms with Gasteiger partial charge < -0.3 is 0 Å². The summed E-state index contributed by atoms with van der Waals surface area (Å²) in [5.74, 6) is -2.06. The van der Waals surface area contributed by atoms with Gasteiger partial charge in [-0.05, 0) is 0 Å². The van der Waals surface area contributed by atoms with Crippen molar-refractivity contribution in [2.45, 2.75) is 12.3 Å². The van der Waals surface area contributed by atoms with Gasteiger partial charge in [-0.2, -0.15) is 0 Å². The van der Waals surface area contributed by atoms with Gasteiger partial charge in [0.25, 0.3) is 6.43 Å². The van der Waals surface area contributed by atoms with E-state index in [4.69, 9.17) is 0 Å². The lowest BCUT2D eigenvalue weighted by Crippen LogP contribution is -2.00. The van der Waals surface area contributed by atoms with Crippen molar-refractivity contribution in [3.05, 3.63) is 0 Å². The standard InChI is InChI=1S/C2H4F3P.ClH/c3-1(4)2(5)6;/h1-2H,6H2;1H. The van der Waals surface area contributed by atoms with Crippen LogP contribution in [0.25, 0.3) is 0 Å². The Morgan fingerprint density at radius 1 is 1.14 bits per heavy atom. The predicted octanol–water partition coefficient (Wildman–Crippen LogP) is 1.84. The average Bonchev–Trinajstić information content (AvgIpc) is 1.36. The maximum Gasteiger partial charge on any atom is 0.272 e. The molecule has 0 amide bonds. The second-order valence-electron chi connectivity index (χ2n) is 0.779. The lowest BCUT2D eigenvalue weighted by molar-refractivity contribution is 0.0948. The zero-order chi connectivity index (χ0) is 5.15. The molecule has 0 spiro atoms. The van der Waals surface area contributed by atoms with E-state index >= 15 is 0 Å². The van der Waals surface area contributed by atoms with Crippen LogP contribution in [0, 0.1) is 0 Å². The highest BCUT2D eigenvalue weighted by molar-refractivity contribution is 7.17. The van der Waals surface area contributed by atoms with E-state index in [0.717, 1.165) is 0 Å². The number of hydrogen-bond donors (Lipinski definition) is 0. The molecule has 0 nitrogen and oxygen atoms in total. The molecule has 0 aromatic rings. The van der Waals surface area contributed by atoms with Crippen LogP contribution in [0.3, 0.4) is 0 Å².